The fourth-order valence-electron chi connectivity index (χ4n) is 3.76. The summed E-state index contributed by atoms with van der Waals surface area (Å²) in [7, 11) is 0. The van der Waals surface area contributed by atoms with Crippen LogP contribution in [0.2, 0.25) is 0 Å². The molecule has 0 bridgehead atoms. The van der Waals surface area contributed by atoms with Crippen LogP contribution in [0, 0.1) is 11.3 Å². The molecular formula is C24H28N4O3. The summed E-state index contributed by atoms with van der Waals surface area (Å²) in [5.74, 6) is 1.15. The van der Waals surface area contributed by atoms with Crippen molar-refractivity contribution in [2.45, 2.75) is 32.2 Å². The van der Waals surface area contributed by atoms with Crippen LogP contribution in [0.1, 0.15) is 43.6 Å². The Hall–Kier alpha value is -3.08. The minimum Gasteiger partial charge on any atom is -0.459 e. The average molecular weight is 421 g/mol. The van der Waals surface area contributed by atoms with Crippen molar-refractivity contribution < 1.29 is 13.6 Å². The van der Waals surface area contributed by atoms with Crippen LogP contribution in [0.4, 0.5) is 5.88 Å². The average Bonchev–Trinajstić information content (AvgIpc) is 3.44. The molecule has 7 nitrogen and oxygen atoms in total. The summed E-state index contributed by atoms with van der Waals surface area (Å²) in [5, 5.41) is 12.8. The number of aromatic nitrogens is 1. The van der Waals surface area contributed by atoms with Crippen LogP contribution < -0.4 is 5.32 Å². The van der Waals surface area contributed by atoms with Crippen molar-refractivity contribution in [1.29, 1.82) is 5.26 Å². The van der Waals surface area contributed by atoms with E-state index in [9.17, 15) is 5.26 Å². The lowest BCUT2D eigenvalue weighted by molar-refractivity contribution is 0.0186. The Labute approximate surface area is 182 Å². The maximum atomic E-state index is 9.50. The van der Waals surface area contributed by atoms with E-state index < -0.39 is 0 Å². The van der Waals surface area contributed by atoms with Crippen LogP contribution in [-0.4, -0.2) is 42.7 Å². The van der Waals surface area contributed by atoms with Gasteiger partial charge in [0.25, 0.3) is 5.89 Å². The fourth-order valence-corrected chi connectivity index (χ4v) is 3.76. The summed E-state index contributed by atoms with van der Waals surface area (Å²) in [5.41, 5.74) is 2.84. The molecule has 0 spiro atoms. The quantitative estimate of drug-likeness (QED) is 0.624. The van der Waals surface area contributed by atoms with Gasteiger partial charge in [-0.15, -0.1) is 0 Å². The zero-order valence-electron chi connectivity index (χ0n) is 18.2. The molecule has 0 amide bonds. The van der Waals surface area contributed by atoms with E-state index in [2.05, 4.69) is 66.3 Å². The number of nitrogens with zero attached hydrogens (tertiary/aromatic N) is 3. The summed E-state index contributed by atoms with van der Waals surface area (Å²) >= 11 is 0. The van der Waals surface area contributed by atoms with E-state index in [1.54, 1.807) is 18.4 Å². The first-order chi connectivity index (χ1) is 15.0. The lowest BCUT2D eigenvalue weighted by Crippen LogP contribution is -2.41. The van der Waals surface area contributed by atoms with E-state index >= 15 is 0 Å². The maximum absolute atomic E-state index is 9.50. The molecule has 1 unspecified atom stereocenters. The molecule has 4 rings (SSSR count). The maximum Gasteiger partial charge on any atom is 0.266 e. The highest BCUT2D eigenvalue weighted by molar-refractivity contribution is 5.54. The predicted molar refractivity (Wildman–Crippen MR) is 118 cm³/mol. The van der Waals surface area contributed by atoms with Gasteiger partial charge in [-0.1, -0.05) is 45.0 Å². The molecule has 1 aliphatic rings. The number of morpholine rings is 1. The fraction of sp³-hybridized carbons (Fsp3) is 0.417. The first-order valence-electron chi connectivity index (χ1n) is 10.6. The van der Waals surface area contributed by atoms with Gasteiger partial charge < -0.3 is 18.9 Å². The third-order valence-electron chi connectivity index (χ3n) is 5.57. The van der Waals surface area contributed by atoms with Crippen molar-refractivity contribution in [3.63, 3.8) is 0 Å². The Balaban J connectivity index is 1.56. The van der Waals surface area contributed by atoms with Gasteiger partial charge in [0.05, 0.1) is 25.5 Å². The van der Waals surface area contributed by atoms with E-state index in [-0.39, 0.29) is 17.2 Å². The van der Waals surface area contributed by atoms with Crippen LogP contribution >= 0.6 is 0 Å². The normalized spacial score (nSPS) is 16.1. The van der Waals surface area contributed by atoms with E-state index in [0.717, 1.165) is 13.1 Å². The number of nitrogens with one attached hydrogen (secondary N) is 1. The van der Waals surface area contributed by atoms with Gasteiger partial charge in [0, 0.05) is 19.6 Å². The van der Waals surface area contributed by atoms with E-state index in [1.165, 1.54) is 11.1 Å². The molecule has 1 saturated heterocycles. The summed E-state index contributed by atoms with van der Waals surface area (Å²) in [6.45, 7) is 10.4. The second-order valence-corrected chi connectivity index (χ2v) is 8.70. The Kier molecular flexibility index (Phi) is 6.12. The lowest BCUT2D eigenvalue weighted by Gasteiger charge is -2.35. The molecule has 31 heavy (non-hydrogen) atoms. The van der Waals surface area contributed by atoms with Crippen molar-refractivity contribution in [3.8, 4) is 17.7 Å². The molecule has 0 saturated carbocycles. The van der Waals surface area contributed by atoms with Crippen LogP contribution in [0.15, 0.2) is 51.5 Å². The number of furan rings is 1. The Morgan fingerprint density at radius 1 is 1.16 bits per heavy atom. The molecule has 1 fully saturated rings. The Morgan fingerprint density at radius 3 is 2.52 bits per heavy atom. The summed E-state index contributed by atoms with van der Waals surface area (Å²) < 4.78 is 16.7. The smallest absolute Gasteiger partial charge is 0.266 e. The van der Waals surface area contributed by atoms with E-state index in [1.807, 2.05) is 0 Å². The molecule has 0 aliphatic carbocycles. The van der Waals surface area contributed by atoms with Crippen molar-refractivity contribution in [1.82, 2.24) is 9.88 Å². The van der Waals surface area contributed by atoms with Gasteiger partial charge in [-0.05, 0) is 28.7 Å². The third kappa shape index (κ3) is 4.82. The van der Waals surface area contributed by atoms with E-state index in [4.69, 9.17) is 13.6 Å². The number of hydrogen-bond acceptors (Lipinski definition) is 7. The van der Waals surface area contributed by atoms with E-state index in [0.29, 0.717) is 37.3 Å². The molecule has 0 radical (unpaired) electrons. The molecular weight excluding hydrogens is 392 g/mol. The number of oxazole rings is 1. The first-order valence-corrected chi connectivity index (χ1v) is 10.6. The zero-order chi connectivity index (χ0) is 21.8. The Bertz CT molecular complexity index is 1020. The third-order valence-corrected chi connectivity index (χ3v) is 5.57. The van der Waals surface area contributed by atoms with Gasteiger partial charge in [-0.25, -0.2) is 0 Å². The van der Waals surface area contributed by atoms with Crippen molar-refractivity contribution in [2.75, 3.05) is 38.2 Å². The highest BCUT2D eigenvalue weighted by Gasteiger charge is 2.25. The number of benzene rings is 1. The monoisotopic (exact) mass is 420 g/mol. The number of ether oxygens (including phenoxy) is 1. The molecule has 1 aromatic carbocycles. The molecule has 7 heteroatoms. The van der Waals surface area contributed by atoms with Crippen LogP contribution in [0.3, 0.4) is 0 Å². The van der Waals surface area contributed by atoms with Gasteiger partial charge in [-0.2, -0.15) is 10.2 Å². The summed E-state index contributed by atoms with van der Waals surface area (Å²) in [4.78, 5) is 6.66. The highest BCUT2D eigenvalue weighted by atomic mass is 16.5. The molecule has 1 atom stereocenters. The number of anilines is 1. The van der Waals surface area contributed by atoms with Crippen LogP contribution in [-0.2, 0) is 10.2 Å². The second-order valence-electron chi connectivity index (χ2n) is 8.70. The predicted octanol–water partition coefficient (Wildman–Crippen LogP) is 4.59. The van der Waals surface area contributed by atoms with Crippen molar-refractivity contribution in [3.05, 3.63) is 59.5 Å². The number of rotatable bonds is 6. The topological polar surface area (TPSA) is 87.5 Å². The molecule has 162 valence electrons. The first kappa shape index (κ1) is 21.2. The molecule has 1 N–H and O–H groups in total. The zero-order valence-corrected chi connectivity index (χ0v) is 18.2. The van der Waals surface area contributed by atoms with Crippen molar-refractivity contribution in [2.24, 2.45) is 0 Å². The number of nitriles is 1. The van der Waals surface area contributed by atoms with Crippen LogP contribution in [0.5, 0.6) is 0 Å². The molecule has 3 heterocycles. The molecule has 2 aromatic heterocycles. The Morgan fingerprint density at radius 2 is 1.90 bits per heavy atom. The highest BCUT2D eigenvalue weighted by Crippen LogP contribution is 2.29. The lowest BCUT2D eigenvalue weighted by atomic mass is 9.86. The second kappa shape index (κ2) is 8.96. The van der Waals surface area contributed by atoms with Gasteiger partial charge in [0.2, 0.25) is 11.6 Å². The van der Waals surface area contributed by atoms with Gasteiger partial charge >= 0.3 is 0 Å². The standard InChI is InChI=1S/C24H28N4O3/c1-24(2,3)18-8-6-17(7-9-18)20(28-10-13-29-14-11-28)16-26-22-19(15-25)27-23(31-22)21-5-4-12-30-21/h4-9,12,20,26H,10-11,13-14,16H2,1-3H3. The largest absolute Gasteiger partial charge is 0.459 e. The van der Waals surface area contributed by atoms with Crippen molar-refractivity contribution >= 4 is 5.88 Å². The minimum atomic E-state index is 0.106. The SMILES string of the molecule is CC(C)(C)c1ccc(C(CNc2oc(-c3ccco3)nc2C#N)N2CCOCC2)cc1. The van der Waals surface area contributed by atoms with Gasteiger partial charge in [0.1, 0.15) is 6.07 Å². The van der Waals surface area contributed by atoms with Crippen LogP contribution in [0.25, 0.3) is 11.7 Å². The van der Waals surface area contributed by atoms with Gasteiger partial charge in [0.15, 0.2) is 5.76 Å². The number of hydrogen-bond donors (Lipinski definition) is 1. The van der Waals surface area contributed by atoms with Gasteiger partial charge in [-0.3, -0.25) is 4.90 Å². The summed E-state index contributed by atoms with van der Waals surface area (Å²) in [6, 6.07) is 14.5. The minimum absolute atomic E-state index is 0.106. The molecule has 3 aromatic rings. The summed E-state index contributed by atoms with van der Waals surface area (Å²) in [6.07, 6.45) is 1.55. The molecule has 1 aliphatic heterocycles.